The van der Waals surface area contributed by atoms with Crippen molar-refractivity contribution in [2.24, 2.45) is 0 Å². The standard InChI is InChI=1S/C28H20Br2O3S/c29-23-13-11-20(12-14-23)27-26(34(31,32)25-17-15-24(30)16-18-25)19-28(33-27,21-7-3-1-4-8-21)22-9-5-2-6-10-22/h1-18H,19H2. The lowest BCUT2D eigenvalue weighted by atomic mass is 9.84. The van der Waals surface area contributed by atoms with Crippen LogP contribution in [0.4, 0.5) is 0 Å². The van der Waals surface area contributed by atoms with Gasteiger partial charge in [-0.15, -0.1) is 0 Å². The zero-order chi connectivity index (χ0) is 23.8. The Morgan fingerprint density at radius 3 is 1.62 bits per heavy atom. The highest BCUT2D eigenvalue weighted by atomic mass is 79.9. The Kier molecular flexibility index (Phi) is 6.23. The summed E-state index contributed by atoms with van der Waals surface area (Å²) in [4.78, 5) is 0.505. The molecule has 1 aliphatic heterocycles. The summed E-state index contributed by atoms with van der Waals surface area (Å²) in [6, 6.07) is 33.9. The molecule has 5 rings (SSSR count). The summed E-state index contributed by atoms with van der Waals surface area (Å²) in [6.07, 6.45) is 0.185. The SMILES string of the molecule is O=S(=O)(C1=C(c2ccc(Br)cc2)OC(c2ccccc2)(c2ccccc2)C1)c1ccc(Br)cc1. The molecule has 0 bridgehead atoms. The minimum Gasteiger partial charge on any atom is -0.476 e. The maximum atomic E-state index is 14.0. The minimum absolute atomic E-state index is 0.185. The lowest BCUT2D eigenvalue weighted by Crippen LogP contribution is -2.27. The monoisotopic (exact) mass is 594 g/mol. The smallest absolute Gasteiger partial charge is 0.206 e. The van der Waals surface area contributed by atoms with Crippen LogP contribution in [0.2, 0.25) is 0 Å². The van der Waals surface area contributed by atoms with E-state index in [1.165, 1.54) is 0 Å². The van der Waals surface area contributed by atoms with Crippen molar-refractivity contribution < 1.29 is 13.2 Å². The van der Waals surface area contributed by atoms with Crippen LogP contribution in [-0.4, -0.2) is 8.42 Å². The molecular weight excluding hydrogens is 576 g/mol. The molecular formula is C28H20Br2O3S. The van der Waals surface area contributed by atoms with Crippen molar-refractivity contribution in [3.05, 3.63) is 140 Å². The molecule has 0 N–H and O–H groups in total. The van der Waals surface area contributed by atoms with Crippen molar-refractivity contribution in [1.82, 2.24) is 0 Å². The lowest BCUT2D eigenvalue weighted by Gasteiger charge is -2.31. The minimum atomic E-state index is -3.83. The number of ether oxygens (including phenoxy) is 1. The quantitative estimate of drug-likeness (QED) is 0.237. The second-order valence-corrected chi connectivity index (χ2v) is 11.9. The molecule has 0 atom stereocenters. The first-order chi connectivity index (χ1) is 16.4. The molecule has 0 unspecified atom stereocenters. The van der Waals surface area contributed by atoms with Crippen molar-refractivity contribution in [2.75, 3.05) is 0 Å². The predicted octanol–water partition coefficient (Wildman–Crippen LogP) is 7.72. The molecule has 0 amide bonds. The molecule has 4 aromatic rings. The van der Waals surface area contributed by atoms with E-state index in [0.29, 0.717) is 11.3 Å². The summed E-state index contributed by atoms with van der Waals surface area (Å²) in [5.74, 6) is 0.378. The second-order valence-electron chi connectivity index (χ2n) is 8.05. The molecule has 4 aromatic carbocycles. The maximum absolute atomic E-state index is 14.0. The van der Waals surface area contributed by atoms with Gasteiger partial charge in [-0.1, -0.05) is 105 Å². The topological polar surface area (TPSA) is 43.4 Å². The summed E-state index contributed by atoms with van der Waals surface area (Å²) in [6.45, 7) is 0. The van der Waals surface area contributed by atoms with Crippen LogP contribution in [0.25, 0.3) is 5.76 Å². The highest BCUT2D eigenvalue weighted by Crippen LogP contribution is 2.52. The van der Waals surface area contributed by atoms with Gasteiger partial charge in [-0.2, -0.15) is 0 Å². The van der Waals surface area contributed by atoms with E-state index in [2.05, 4.69) is 31.9 Å². The zero-order valence-corrected chi connectivity index (χ0v) is 22.0. The average Bonchev–Trinajstić information content (AvgIpc) is 3.29. The first kappa shape index (κ1) is 23.1. The van der Waals surface area contributed by atoms with Gasteiger partial charge in [0.2, 0.25) is 9.84 Å². The van der Waals surface area contributed by atoms with E-state index in [4.69, 9.17) is 4.74 Å². The van der Waals surface area contributed by atoms with Crippen LogP contribution in [0.1, 0.15) is 23.1 Å². The molecule has 6 heteroatoms. The predicted molar refractivity (Wildman–Crippen MR) is 142 cm³/mol. The third-order valence-corrected chi connectivity index (χ3v) is 8.90. The molecule has 0 aliphatic carbocycles. The average molecular weight is 596 g/mol. The van der Waals surface area contributed by atoms with Gasteiger partial charge in [0.05, 0.1) is 9.80 Å². The molecule has 0 saturated carbocycles. The summed E-state index contributed by atoms with van der Waals surface area (Å²) in [5, 5.41) is 0. The van der Waals surface area contributed by atoms with Crippen molar-refractivity contribution in [3.63, 3.8) is 0 Å². The van der Waals surface area contributed by atoms with Crippen LogP contribution in [0.3, 0.4) is 0 Å². The molecule has 1 heterocycles. The summed E-state index contributed by atoms with van der Waals surface area (Å²) < 4.78 is 36.5. The molecule has 1 aliphatic rings. The first-order valence-electron chi connectivity index (χ1n) is 10.7. The molecule has 0 aromatic heterocycles. The van der Waals surface area contributed by atoms with Gasteiger partial charge >= 0.3 is 0 Å². The fraction of sp³-hybridized carbons (Fsp3) is 0.0714. The Bertz CT molecular complexity index is 1410. The molecule has 0 radical (unpaired) electrons. The molecule has 3 nitrogen and oxygen atoms in total. The van der Waals surface area contributed by atoms with Crippen LogP contribution in [-0.2, 0) is 20.2 Å². The Morgan fingerprint density at radius 2 is 1.12 bits per heavy atom. The van der Waals surface area contributed by atoms with Crippen molar-refractivity contribution >= 4 is 47.5 Å². The second kappa shape index (κ2) is 9.17. The van der Waals surface area contributed by atoms with Crippen LogP contribution >= 0.6 is 31.9 Å². The maximum Gasteiger partial charge on any atom is 0.206 e. The van der Waals surface area contributed by atoms with Gasteiger partial charge in [-0.25, -0.2) is 8.42 Å². The van der Waals surface area contributed by atoms with Gasteiger partial charge in [0.1, 0.15) is 5.76 Å². The van der Waals surface area contributed by atoms with E-state index in [1.54, 1.807) is 24.3 Å². The van der Waals surface area contributed by atoms with Crippen molar-refractivity contribution in [3.8, 4) is 0 Å². The van der Waals surface area contributed by atoms with Crippen LogP contribution < -0.4 is 0 Å². The molecule has 0 saturated heterocycles. The highest BCUT2D eigenvalue weighted by Gasteiger charge is 2.48. The Balaban J connectivity index is 1.74. The number of hydrogen-bond donors (Lipinski definition) is 0. The Labute approximate surface area is 216 Å². The van der Waals surface area contributed by atoms with E-state index in [-0.39, 0.29) is 16.2 Å². The van der Waals surface area contributed by atoms with E-state index in [0.717, 1.165) is 20.1 Å². The van der Waals surface area contributed by atoms with Crippen molar-refractivity contribution in [2.45, 2.75) is 16.9 Å². The molecule has 170 valence electrons. The van der Waals surface area contributed by atoms with Crippen LogP contribution in [0.15, 0.2) is 128 Å². The summed E-state index contributed by atoms with van der Waals surface area (Å²) >= 11 is 6.86. The highest BCUT2D eigenvalue weighted by molar-refractivity contribution is 9.10. The third-order valence-electron chi connectivity index (χ3n) is 5.97. The van der Waals surface area contributed by atoms with Gasteiger partial charge in [-0.05, 0) is 36.4 Å². The third kappa shape index (κ3) is 4.15. The number of sulfone groups is 1. The van der Waals surface area contributed by atoms with E-state index in [9.17, 15) is 8.42 Å². The largest absolute Gasteiger partial charge is 0.476 e. The number of rotatable bonds is 5. The van der Waals surface area contributed by atoms with E-state index in [1.807, 2.05) is 84.9 Å². The Hall–Kier alpha value is -2.67. The fourth-order valence-electron chi connectivity index (χ4n) is 4.27. The summed E-state index contributed by atoms with van der Waals surface area (Å²) in [7, 11) is -3.83. The number of halogens is 2. The normalized spacial score (nSPS) is 15.2. The first-order valence-corrected chi connectivity index (χ1v) is 13.8. The van der Waals surface area contributed by atoms with E-state index >= 15 is 0 Å². The summed E-state index contributed by atoms with van der Waals surface area (Å²) in [5.41, 5.74) is 1.55. The van der Waals surface area contributed by atoms with Gasteiger partial charge in [0, 0.05) is 32.1 Å². The molecule has 34 heavy (non-hydrogen) atoms. The Morgan fingerprint density at radius 1 is 0.647 bits per heavy atom. The molecule has 0 spiro atoms. The van der Waals surface area contributed by atoms with Crippen LogP contribution in [0.5, 0.6) is 0 Å². The van der Waals surface area contributed by atoms with Crippen LogP contribution in [0, 0.1) is 0 Å². The van der Waals surface area contributed by atoms with Gasteiger partial charge in [-0.3, -0.25) is 0 Å². The number of benzene rings is 4. The van der Waals surface area contributed by atoms with Crippen molar-refractivity contribution in [1.29, 1.82) is 0 Å². The zero-order valence-electron chi connectivity index (χ0n) is 18.0. The molecule has 0 fully saturated rings. The van der Waals surface area contributed by atoms with Gasteiger partial charge in [0.25, 0.3) is 0 Å². The van der Waals surface area contributed by atoms with Gasteiger partial charge in [0.15, 0.2) is 5.60 Å². The lowest BCUT2D eigenvalue weighted by molar-refractivity contribution is 0.101. The fourth-order valence-corrected chi connectivity index (χ4v) is 6.38. The number of hydrogen-bond acceptors (Lipinski definition) is 3. The van der Waals surface area contributed by atoms with E-state index < -0.39 is 15.4 Å². The van der Waals surface area contributed by atoms with Gasteiger partial charge < -0.3 is 4.74 Å².